The van der Waals surface area contributed by atoms with Gasteiger partial charge < -0.3 is 4.74 Å². The van der Waals surface area contributed by atoms with Gasteiger partial charge in [-0.25, -0.2) is 9.50 Å². The first-order chi connectivity index (χ1) is 13.0. The highest BCUT2D eigenvalue weighted by Gasteiger charge is 2.19. The Hall–Kier alpha value is -2.19. The molecular formula is C19H19N3O3S2. The summed E-state index contributed by atoms with van der Waals surface area (Å²) < 4.78 is 7.58. The number of nitrogens with one attached hydrogen (secondary N) is 1. The number of ether oxygens (including phenoxy) is 1. The standard InChI is InChI=1S/C19H19N3O3S2/c1-11-15(12(2)22-16(20-11)10-17(23)21-22)9-18(24)25-14-5-3-13(4-6-14)19-26-7-8-27-19/h3-6,10,19H,7-9H2,1-2H3,(H,21,23). The molecule has 0 bridgehead atoms. The maximum atomic E-state index is 12.4. The molecule has 1 aliphatic heterocycles. The zero-order chi connectivity index (χ0) is 19.0. The Kier molecular flexibility index (Phi) is 5.01. The van der Waals surface area contributed by atoms with Gasteiger partial charge in [0, 0.05) is 34.5 Å². The van der Waals surface area contributed by atoms with Gasteiger partial charge in [0.15, 0.2) is 5.65 Å². The number of aromatic nitrogens is 3. The summed E-state index contributed by atoms with van der Waals surface area (Å²) in [7, 11) is 0. The van der Waals surface area contributed by atoms with Crippen LogP contribution in [0.5, 0.6) is 5.75 Å². The average molecular weight is 402 g/mol. The van der Waals surface area contributed by atoms with Crippen molar-refractivity contribution in [3.63, 3.8) is 0 Å². The van der Waals surface area contributed by atoms with Crippen molar-refractivity contribution in [1.29, 1.82) is 0 Å². The van der Waals surface area contributed by atoms with E-state index < -0.39 is 0 Å². The number of hydrogen-bond donors (Lipinski definition) is 1. The Labute approximate surface area is 164 Å². The molecule has 1 N–H and O–H groups in total. The summed E-state index contributed by atoms with van der Waals surface area (Å²) in [6.45, 7) is 3.69. The van der Waals surface area contributed by atoms with E-state index >= 15 is 0 Å². The largest absolute Gasteiger partial charge is 0.426 e. The minimum atomic E-state index is -0.353. The monoisotopic (exact) mass is 401 g/mol. The van der Waals surface area contributed by atoms with Crippen LogP contribution < -0.4 is 10.3 Å². The number of aromatic amines is 1. The van der Waals surface area contributed by atoms with Crippen molar-refractivity contribution < 1.29 is 9.53 Å². The second kappa shape index (κ2) is 7.44. The molecule has 3 heterocycles. The van der Waals surface area contributed by atoms with Crippen LogP contribution in [0.3, 0.4) is 0 Å². The van der Waals surface area contributed by atoms with Crippen LogP contribution in [0.15, 0.2) is 35.1 Å². The second-order valence-corrected chi connectivity index (χ2v) is 9.09. The van der Waals surface area contributed by atoms with Crippen molar-refractivity contribution in [2.75, 3.05) is 11.5 Å². The second-order valence-electron chi connectivity index (χ2n) is 6.37. The van der Waals surface area contributed by atoms with Gasteiger partial charge in [-0.1, -0.05) is 12.1 Å². The lowest BCUT2D eigenvalue weighted by molar-refractivity contribution is -0.133. The number of aryl methyl sites for hydroxylation is 2. The number of benzene rings is 1. The number of thioether (sulfide) groups is 2. The molecule has 0 atom stereocenters. The molecule has 8 heteroatoms. The normalized spacial score (nSPS) is 14.7. The van der Waals surface area contributed by atoms with E-state index in [2.05, 4.69) is 10.1 Å². The number of carbonyl (C=O) groups excluding carboxylic acids is 1. The van der Waals surface area contributed by atoms with E-state index in [1.54, 1.807) is 4.52 Å². The molecular weight excluding hydrogens is 382 g/mol. The van der Waals surface area contributed by atoms with Gasteiger partial charge in [0.05, 0.1) is 11.0 Å². The summed E-state index contributed by atoms with van der Waals surface area (Å²) in [5.41, 5.74) is 3.83. The number of esters is 1. The first-order valence-corrected chi connectivity index (χ1v) is 10.7. The minimum Gasteiger partial charge on any atom is -0.426 e. The van der Waals surface area contributed by atoms with E-state index in [9.17, 15) is 9.59 Å². The van der Waals surface area contributed by atoms with Gasteiger partial charge in [0.1, 0.15) is 5.75 Å². The fraction of sp³-hybridized carbons (Fsp3) is 0.316. The molecule has 27 heavy (non-hydrogen) atoms. The summed E-state index contributed by atoms with van der Waals surface area (Å²) in [6, 6.07) is 9.17. The molecule has 1 saturated heterocycles. The summed E-state index contributed by atoms with van der Waals surface area (Å²) in [4.78, 5) is 28.4. The molecule has 6 nitrogen and oxygen atoms in total. The highest BCUT2D eigenvalue weighted by atomic mass is 32.2. The summed E-state index contributed by atoms with van der Waals surface area (Å²) in [6.07, 6.45) is 0.0941. The van der Waals surface area contributed by atoms with Gasteiger partial charge in [-0.15, -0.1) is 23.5 Å². The molecule has 0 radical (unpaired) electrons. The van der Waals surface area contributed by atoms with E-state index in [4.69, 9.17) is 4.74 Å². The van der Waals surface area contributed by atoms with Gasteiger partial charge in [-0.2, -0.15) is 0 Å². The third-order valence-electron chi connectivity index (χ3n) is 4.53. The third kappa shape index (κ3) is 3.77. The molecule has 1 aromatic carbocycles. The van der Waals surface area contributed by atoms with E-state index in [1.165, 1.54) is 23.1 Å². The Balaban J connectivity index is 1.49. The van der Waals surface area contributed by atoms with Crippen LogP contribution >= 0.6 is 23.5 Å². The molecule has 0 saturated carbocycles. The zero-order valence-corrected chi connectivity index (χ0v) is 16.7. The number of carbonyl (C=O) groups is 1. The van der Waals surface area contributed by atoms with Crippen LogP contribution in [0, 0.1) is 13.8 Å². The third-order valence-corrected chi connectivity index (χ3v) is 7.63. The molecule has 0 aliphatic carbocycles. The number of H-pyrrole nitrogens is 1. The van der Waals surface area contributed by atoms with Crippen LogP contribution in [0.25, 0.3) is 5.65 Å². The van der Waals surface area contributed by atoms with E-state index in [0.717, 1.165) is 11.3 Å². The van der Waals surface area contributed by atoms with Crippen molar-refractivity contribution in [3.05, 3.63) is 63.2 Å². The Morgan fingerprint density at radius 1 is 1.26 bits per heavy atom. The van der Waals surface area contributed by atoms with Crippen LogP contribution in [0.2, 0.25) is 0 Å². The molecule has 4 rings (SSSR count). The predicted octanol–water partition coefficient (Wildman–Crippen LogP) is 3.27. The lowest BCUT2D eigenvalue weighted by atomic mass is 10.1. The van der Waals surface area contributed by atoms with E-state index in [-0.39, 0.29) is 17.9 Å². The average Bonchev–Trinajstić information content (AvgIpc) is 3.29. The maximum Gasteiger partial charge on any atom is 0.315 e. The fourth-order valence-electron chi connectivity index (χ4n) is 3.17. The van der Waals surface area contributed by atoms with Gasteiger partial charge in [0.25, 0.3) is 5.56 Å². The first-order valence-electron chi connectivity index (χ1n) is 8.63. The molecule has 0 unspecified atom stereocenters. The van der Waals surface area contributed by atoms with Crippen LogP contribution in [-0.4, -0.2) is 32.1 Å². The van der Waals surface area contributed by atoms with Crippen molar-refractivity contribution >= 4 is 35.1 Å². The Morgan fingerprint density at radius 3 is 2.67 bits per heavy atom. The van der Waals surface area contributed by atoms with Crippen molar-refractivity contribution in [2.24, 2.45) is 0 Å². The van der Waals surface area contributed by atoms with Crippen molar-refractivity contribution in [1.82, 2.24) is 14.6 Å². The van der Waals surface area contributed by atoms with E-state index in [0.29, 0.717) is 21.7 Å². The molecule has 3 aromatic rings. The molecule has 1 aliphatic rings. The molecule has 140 valence electrons. The highest BCUT2D eigenvalue weighted by Crippen LogP contribution is 2.45. The number of nitrogens with zero attached hydrogens (tertiary/aromatic N) is 2. The summed E-state index contributed by atoms with van der Waals surface area (Å²) >= 11 is 3.89. The van der Waals surface area contributed by atoms with Gasteiger partial charge >= 0.3 is 5.97 Å². The predicted molar refractivity (Wildman–Crippen MR) is 109 cm³/mol. The van der Waals surface area contributed by atoms with Gasteiger partial charge in [0.2, 0.25) is 0 Å². The molecule has 2 aromatic heterocycles. The van der Waals surface area contributed by atoms with Crippen molar-refractivity contribution in [2.45, 2.75) is 24.9 Å². The van der Waals surface area contributed by atoms with Crippen LogP contribution in [-0.2, 0) is 11.2 Å². The smallest absolute Gasteiger partial charge is 0.315 e. The molecule has 0 amide bonds. The molecule has 0 spiro atoms. The zero-order valence-electron chi connectivity index (χ0n) is 15.0. The van der Waals surface area contributed by atoms with E-state index in [1.807, 2.05) is 61.6 Å². The van der Waals surface area contributed by atoms with Crippen molar-refractivity contribution in [3.8, 4) is 5.75 Å². The fourth-order valence-corrected chi connectivity index (χ4v) is 6.03. The summed E-state index contributed by atoms with van der Waals surface area (Å²) in [5, 5.41) is 2.69. The van der Waals surface area contributed by atoms with Gasteiger partial charge in [-0.3, -0.25) is 14.7 Å². The number of rotatable bonds is 4. The Morgan fingerprint density at radius 2 is 1.96 bits per heavy atom. The minimum absolute atomic E-state index is 0.0941. The van der Waals surface area contributed by atoms with Gasteiger partial charge in [-0.05, 0) is 31.5 Å². The summed E-state index contributed by atoms with van der Waals surface area (Å²) in [5.74, 6) is 2.54. The lowest BCUT2D eigenvalue weighted by Gasteiger charge is -2.12. The number of hydrogen-bond acceptors (Lipinski definition) is 6. The van der Waals surface area contributed by atoms with Crippen LogP contribution in [0.4, 0.5) is 0 Å². The lowest BCUT2D eigenvalue weighted by Crippen LogP contribution is -2.16. The topological polar surface area (TPSA) is 76.5 Å². The maximum absolute atomic E-state index is 12.4. The SMILES string of the molecule is Cc1nc2cc(=O)[nH]n2c(C)c1CC(=O)Oc1ccc(C2SCCS2)cc1. The Bertz CT molecular complexity index is 1050. The first kappa shape index (κ1) is 18.2. The quantitative estimate of drug-likeness (QED) is 0.534. The van der Waals surface area contributed by atoms with Crippen LogP contribution in [0.1, 0.15) is 27.1 Å². The highest BCUT2D eigenvalue weighted by molar-refractivity contribution is 8.19. The number of fused-ring (bicyclic) bond motifs is 1. The molecule has 1 fully saturated rings.